The van der Waals surface area contributed by atoms with Crippen LogP contribution in [0.3, 0.4) is 0 Å². The van der Waals surface area contributed by atoms with Crippen LogP contribution in [0.5, 0.6) is 5.75 Å². The zero-order valence-corrected chi connectivity index (χ0v) is 11.9. The molecule has 1 N–H and O–H groups in total. The third-order valence-corrected chi connectivity index (χ3v) is 3.33. The molecule has 0 bridgehead atoms. The Kier molecular flexibility index (Phi) is 5.07. The summed E-state index contributed by atoms with van der Waals surface area (Å²) in [6, 6.07) is 8.15. The van der Waals surface area contributed by atoms with Gasteiger partial charge in [-0.3, -0.25) is 4.99 Å². The summed E-state index contributed by atoms with van der Waals surface area (Å²) in [5, 5.41) is 3.42. The van der Waals surface area contributed by atoms with E-state index in [1.54, 1.807) is 0 Å². The van der Waals surface area contributed by atoms with E-state index in [-0.39, 0.29) is 0 Å². The van der Waals surface area contributed by atoms with Crippen LogP contribution in [0.4, 0.5) is 0 Å². The van der Waals surface area contributed by atoms with Crippen LogP contribution >= 0.6 is 0 Å². The van der Waals surface area contributed by atoms with Crippen molar-refractivity contribution in [1.29, 1.82) is 0 Å². The maximum atomic E-state index is 5.63. The molecule has 0 aromatic heterocycles. The number of hydrogen-bond acceptors (Lipinski definition) is 2. The van der Waals surface area contributed by atoms with Gasteiger partial charge in [-0.1, -0.05) is 18.2 Å². The smallest absolute Gasteiger partial charge is 0.193 e. The molecule has 4 nitrogen and oxygen atoms in total. The first-order chi connectivity index (χ1) is 9.35. The normalized spacial score (nSPS) is 15.7. The molecule has 2 rings (SSSR count). The molecule has 0 amide bonds. The van der Waals surface area contributed by atoms with Crippen molar-refractivity contribution < 1.29 is 4.74 Å². The number of guanidine groups is 1. The Morgan fingerprint density at radius 2 is 2.05 bits per heavy atom. The number of rotatable bonds is 4. The van der Waals surface area contributed by atoms with E-state index >= 15 is 0 Å². The van der Waals surface area contributed by atoms with Gasteiger partial charge in [0.15, 0.2) is 5.96 Å². The summed E-state index contributed by atoms with van der Waals surface area (Å²) in [4.78, 5) is 6.66. The van der Waals surface area contributed by atoms with Crippen molar-refractivity contribution in [3.63, 3.8) is 0 Å². The molecule has 19 heavy (non-hydrogen) atoms. The Labute approximate surface area is 115 Å². The van der Waals surface area contributed by atoms with E-state index in [1.807, 2.05) is 32.2 Å². The number of likely N-dealkylation sites (tertiary alicyclic amines) is 1. The zero-order valence-electron chi connectivity index (χ0n) is 11.9. The third kappa shape index (κ3) is 3.63. The SMILES string of the molecule is CCOc1ccccc1CNC(=NC)N1CCCC1. The second kappa shape index (κ2) is 7.02. The molecule has 1 aromatic carbocycles. The molecule has 1 heterocycles. The van der Waals surface area contributed by atoms with Gasteiger partial charge >= 0.3 is 0 Å². The van der Waals surface area contributed by atoms with Gasteiger partial charge in [-0.25, -0.2) is 0 Å². The summed E-state index contributed by atoms with van der Waals surface area (Å²) >= 11 is 0. The quantitative estimate of drug-likeness (QED) is 0.667. The van der Waals surface area contributed by atoms with Gasteiger partial charge in [-0.2, -0.15) is 0 Å². The number of ether oxygens (including phenoxy) is 1. The predicted octanol–water partition coefficient (Wildman–Crippen LogP) is 2.26. The molecule has 1 aromatic rings. The summed E-state index contributed by atoms with van der Waals surface area (Å²) in [5.74, 6) is 1.94. The van der Waals surface area contributed by atoms with E-state index in [0.29, 0.717) is 6.61 Å². The summed E-state index contributed by atoms with van der Waals surface area (Å²) in [6.07, 6.45) is 2.52. The van der Waals surface area contributed by atoms with E-state index in [0.717, 1.165) is 31.3 Å². The van der Waals surface area contributed by atoms with Crippen molar-refractivity contribution in [3.05, 3.63) is 29.8 Å². The zero-order chi connectivity index (χ0) is 13.5. The maximum absolute atomic E-state index is 5.63. The van der Waals surface area contributed by atoms with Gasteiger partial charge in [0.1, 0.15) is 5.75 Å². The first-order valence-corrected chi connectivity index (χ1v) is 7.01. The highest BCUT2D eigenvalue weighted by molar-refractivity contribution is 5.80. The molecule has 1 fully saturated rings. The van der Waals surface area contributed by atoms with Gasteiger partial charge in [0.2, 0.25) is 0 Å². The molecule has 1 saturated heterocycles. The number of nitrogens with zero attached hydrogens (tertiary/aromatic N) is 2. The number of nitrogens with one attached hydrogen (secondary N) is 1. The van der Waals surface area contributed by atoms with E-state index in [9.17, 15) is 0 Å². The van der Waals surface area contributed by atoms with Crippen LogP contribution < -0.4 is 10.1 Å². The van der Waals surface area contributed by atoms with Crippen molar-refractivity contribution in [3.8, 4) is 5.75 Å². The average Bonchev–Trinajstić information content (AvgIpc) is 2.96. The predicted molar refractivity (Wildman–Crippen MR) is 78.6 cm³/mol. The van der Waals surface area contributed by atoms with Gasteiger partial charge in [0.05, 0.1) is 6.61 Å². The largest absolute Gasteiger partial charge is 0.494 e. The molecule has 4 heteroatoms. The highest BCUT2D eigenvalue weighted by atomic mass is 16.5. The minimum atomic E-state index is 0.692. The Bertz CT molecular complexity index is 425. The van der Waals surface area contributed by atoms with Crippen molar-refractivity contribution >= 4 is 5.96 Å². The van der Waals surface area contributed by atoms with Crippen LogP contribution in [0.1, 0.15) is 25.3 Å². The van der Waals surface area contributed by atoms with Crippen LogP contribution in [-0.2, 0) is 6.54 Å². The molecule has 1 aliphatic rings. The lowest BCUT2D eigenvalue weighted by Crippen LogP contribution is -2.39. The minimum Gasteiger partial charge on any atom is -0.494 e. The summed E-state index contributed by atoms with van der Waals surface area (Å²) in [6.45, 7) is 5.66. The van der Waals surface area contributed by atoms with Crippen LogP contribution in [0.2, 0.25) is 0 Å². The van der Waals surface area contributed by atoms with Crippen molar-refractivity contribution in [2.45, 2.75) is 26.3 Å². The van der Waals surface area contributed by atoms with Crippen molar-refractivity contribution in [1.82, 2.24) is 10.2 Å². The second-order valence-electron chi connectivity index (χ2n) is 4.64. The molecule has 0 spiro atoms. The molecule has 0 atom stereocenters. The summed E-state index contributed by atoms with van der Waals surface area (Å²) < 4.78 is 5.63. The topological polar surface area (TPSA) is 36.9 Å². The highest BCUT2D eigenvalue weighted by Gasteiger charge is 2.15. The van der Waals surface area contributed by atoms with E-state index in [2.05, 4.69) is 21.3 Å². The van der Waals surface area contributed by atoms with Crippen LogP contribution in [-0.4, -0.2) is 37.6 Å². The molecule has 1 aliphatic heterocycles. The maximum Gasteiger partial charge on any atom is 0.193 e. The number of benzene rings is 1. The number of para-hydroxylation sites is 1. The van der Waals surface area contributed by atoms with Gasteiger partial charge in [-0.15, -0.1) is 0 Å². The van der Waals surface area contributed by atoms with Gasteiger partial charge in [0.25, 0.3) is 0 Å². The van der Waals surface area contributed by atoms with Crippen LogP contribution in [0, 0.1) is 0 Å². The molecular formula is C15H23N3O. The fraction of sp³-hybridized carbons (Fsp3) is 0.533. The number of hydrogen-bond donors (Lipinski definition) is 1. The first kappa shape index (κ1) is 13.7. The van der Waals surface area contributed by atoms with Crippen LogP contribution in [0.15, 0.2) is 29.3 Å². The Hall–Kier alpha value is -1.71. The van der Waals surface area contributed by atoms with Gasteiger partial charge in [-0.05, 0) is 25.8 Å². The molecule has 0 unspecified atom stereocenters. The molecule has 104 valence electrons. The van der Waals surface area contributed by atoms with Crippen molar-refractivity contribution in [2.75, 3.05) is 26.7 Å². The molecule has 0 aliphatic carbocycles. The fourth-order valence-electron chi connectivity index (χ4n) is 2.38. The second-order valence-corrected chi connectivity index (χ2v) is 4.64. The van der Waals surface area contributed by atoms with E-state index < -0.39 is 0 Å². The van der Waals surface area contributed by atoms with Gasteiger partial charge < -0.3 is 15.0 Å². The highest BCUT2D eigenvalue weighted by Crippen LogP contribution is 2.17. The molecular weight excluding hydrogens is 238 g/mol. The first-order valence-electron chi connectivity index (χ1n) is 7.01. The monoisotopic (exact) mass is 261 g/mol. The van der Waals surface area contributed by atoms with Gasteiger partial charge in [0, 0.05) is 32.2 Å². The fourth-order valence-corrected chi connectivity index (χ4v) is 2.38. The Morgan fingerprint density at radius 1 is 1.32 bits per heavy atom. The number of aliphatic imine (C=N–C) groups is 1. The van der Waals surface area contributed by atoms with E-state index in [1.165, 1.54) is 18.4 Å². The lowest BCUT2D eigenvalue weighted by Gasteiger charge is -2.21. The molecule has 0 radical (unpaired) electrons. The van der Waals surface area contributed by atoms with Crippen molar-refractivity contribution in [2.24, 2.45) is 4.99 Å². The Balaban J connectivity index is 1.97. The lowest BCUT2D eigenvalue weighted by molar-refractivity contribution is 0.336. The summed E-state index contributed by atoms with van der Waals surface area (Å²) in [5.41, 5.74) is 1.17. The molecule has 0 saturated carbocycles. The van der Waals surface area contributed by atoms with Crippen LogP contribution in [0.25, 0.3) is 0 Å². The Morgan fingerprint density at radius 3 is 2.74 bits per heavy atom. The minimum absolute atomic E-state index is 0.692. The standard InChI is InChI=1S/C15H23N3O/c1-3-19-14-9-5-4-8-13(14)12-17-15(16-2)18-10-6-7-11-18/h4-5,8-9H,3,6-7,10-12H2,1-2H3,(H,16,17). The average molecular weight is 261 g/mol. The third-order valence-electron chi connectivity index (χ3n) is 3.33. The van der Waals surface area contributed by atoms with E-state index in [4.69, 9.17) is 4.74 Å². The lowest BCUT2D eigenvalue weighted by atomic mass is 10.2. The summed E-state index contributed by atoms with van der Waals surface area (Å²) in [7, 11) is 1.84.